The molecule has 2 N–H and O–H groups in total. The molecule has 2 heterocycles. The highest BCUT2D eigenvalue weighted by Gasteiger charge is 2.26. The highest BCUT2D eigenvalue weighted by molar-refractivity contribution is 5.99. The lowest BCUT2D eigenvalue weighted by Gasteiger charge is -2.36. The Morgan fingerprint density at radius 3 is 2.72 bits per heavy atom. The average molecular weight is 343 g/mol. The average Bonchev–Trinajstić information content (AvgIpc) is 3.07. The number of benzene rings is 1. The smallest absolute Gasteiger partial charge is 0.270 e. The van der Waals surface area contributed by atoms with Gasteiger partial charge in [0.1, 0.15) is 5.69 Å². The SMILES string of the molecule is Cc1ccc2[nH]c(C(=O)N3CCC(N(C)CCCO)CC3)cc2c1C. The molecule has 25 heavy (non-hydrogen) atoms. The minimum Gasteiger partial charge on any atom is -0.396 e. The highest BCUT2D eigenvalue weighted by Crippen LogP contribution is 2.24. The van der Waals surface area contributed by atoms with Crippen molar-refractivity contribution in [1.29, 1.82) is 0 Å². The molecule has 1 fully saturated rings. The Morgan fingerprint density at radius 2 is 2.04 bits per heavy atom. The van der Waals surface area contributed by atoms with Gasteiger partial charge in [-0.1, -0.05) is 6.07 Å². The maximum Gasteiger partial charge on any atom is 0.270 e. The van der Waals surface area contributed by atoms with E-state index in [1.54, 1.807) is 0 Å². The summed E-state index contributed by atoms with van der Waals surface area (Å²) in [5.74, 6) is 0.102. The first-order valence-corrected chi connectivity index (χ1v) is 9.20. The number of fused-ring (bicyclic) bond motifs is 1. The van der Waals surface area contributed by atoms with E-state index in [1.165, 1.54) is 11.1 Å². The molecule has 136 valence electrons. The number of hydrogen-bond donors (Lipinski definition) is 2. The Labute approximate surface area is 149 Å². The van der Waals surface area contributed by atoms with E-state index in [0.29, 0.717) is 11.7 Å². The highest BCUT2D eigenvalue weighted by atomic mass is 16.3. The van der Waals surface area contributed by atoms with Crippen molar-refractivity contribution in [3.05, 3.63) is 35.0 Å². The number of nitrogens with zero attached hydrogens (tertiary/aromatic N) is 2. The van der Waals surface area contributed by atoms with Crippen LogP contribution in [-0.2, 0) is 0 Å². The van der Waals surface area contributed by atoms with E-state index in [2.05, 4.69) is 42.9 Å². The maximum absolute atomic E-state index is 12.9. The summed E-state index contributed by atoms with van der Waals surface area (Å²) in [5.41, 5.74) is 4.20. The molecule has 0 radical (unpaired) electrons. The van der Waals surface area contributed by atoms with E-state index in [-0.39, 0.29) is 12.5 Å². The minimum atomic E-state index is 0.102. The number of rotatable bonds is 5. The third-order valence-corrected chi connectivity index (χ3v) is 5.62. The number of amides is 1. The summed E-state index contributed by atoms with van der Waals surface area (Å²) >= 11 is 0. The van der Waals surface area contributed by atoms with Gasteiger partial charge in [-0.3, -0.25) is 4.79 Å². The molecule has 0 saturated carbocycles. The van der Waals surface area contributed by atoms with Crippen LogP contribution < -0.4 is 0 Å². The van der Waals surface area contributed by atoms with Crippen LogP contribution >= 0.6 is 0 Å². The standard InChI is InChI=1S/C20H29N3O2/c1-14-5-6-18-17(15(14)2)13-19(21-18)20(25)23-10-7-16(8-11-23)22(3)9-4-12-24/h5-6,13,16,21,24H,4,7-12H2,1-3H3. The predicted octanol–water partition coefficient (Wildman–Crippen LogP) is 2.70. The summed E-state index contributed by atoms with van der Waals surface area (Å²) in [5, 5.41) is 10.1. The lowest BCUT2D eigenvalue weighted by Crippen LogP contribution is -2.45. The van der Waals surface area contributed by atoms with Gasteiger partial charge in [0.2, 0.25) is 0 Å². The molecule has 0 atom stereocenters. The summed E-state index contributed by atoms with van der Waals surface area (Å²) in [4.78, 5) is 20.4. The fourth-order valence-corrected chi connectivity index (χ4v) is 3.76. The number of carbonyl (C=O) groups excluding carboxylic acids is 1. The Bertz CT molecular complexity index is 745. The number of nitrogens with one attached hydrogen (secondary N) is 1. The number of aryl methyl sites for hydroxylation is 2. The number of carbonyl (C=O) groups is 1. The first kappa shape index (κ1) is 18.0. The van der Waals surface area contributed by atoms with E-state index < -0.39 is 0 Å². The molecular formula is C20H29N3O2. The van der Waals surface area contributed by atoms with Crippen molar-refractivity contribution in [2.45, 2.75) is 39.2 Å². The molecule has 1 saturated heterocycles. The van der Waals surface area contributed by atoms with Crippen LogP contribution in [0.2, 0.25) is 0 Å². The second-order valence-electron chi connectivity index (χ2n) is 7.23. The Kier molecular flexibility index (Phi) is 5.45. The molecule has 0 unspecified atom stereocenters. The van der Waals surface area contributed by atoms with E-state index in [1.807, 2.05) is 11.0 Å². The molecule has 5 heteroatoms. The molecule has 1 aliphatic heterocycles. The van der Waals surface area contributed by atoms with Crippen molar-refractivity contribution in [3.8, 4) is 0 Å². The van der Waals surface area contributed by atoms with E-state index in [4.69, 9.17) is 5.11 Å². The predicted molar refractivity (Wildman–Crippen MR) is 101 cm³/mol. The van der Waals surface area contributed by atoms with Crippen LogP contribution in [0.5, 0.6) is 0 Å². The maximum atomic E-state index is 12.9. The Hall–Kier alpha value is -1.85. The topological polar surface area (TPSA) is 59.6 Å². The molecular weight excluding hydrogens is 314 g/mol. The third-order valence-electron chi connectivity index (χ3n) is 5.62. The van der Waals surface area contributed by atoms with Gasteiger partial charge in [0.05, 0.1) is 0 Å². The molecule has 2 aromatic rings. The van der Waals surface area contributed by atoms with Gasteiger partial charge in [-0.05, 0) is 63.4 Å². The van der Waals surface area contributed by atoms with Gasteiger partial charge < -0.3 is 19.9 Å². The minimum absolute atomic E-state index is 0.102. The van der Waals surface area contributed by atoms with Crippen molar-refractivity contribution in [3.63, 3.8) is 0 Å². The van der Waals surface area contributed by atoms with Crippen LogP contribution in [0.25, 0.3) is 10.9 Å². The largest absolute Gasteiger partial charge is 0.396 e. The lowest BCUT2D eigenvalue weighted by molar-refractivity contribution is 0.0636. The summed E-state index contributed by atoms with van der Waals surface area (Å²) in [7, 11) is 2.11. The third kappa shape index (κ3) is 3.72. The molecule has 0 bridgehead atoms. The number of aliphatic hydroxyl groups is 1. The molecule has 0 aliphatic carbocycles. The van der Waals surface area contributed by atoms with Crippen molar-refractivity contribution in [2.24, 2.45) is 0 Å². The number of likely N-dealkylation sites (tertiary alicyclic amines) is 1. The zero-order valence-electron chi connectivity index (χ0n) is 15.5. The Morgan fingerprint density at radius 1 is 1.32 bits per heavy atom. The number of H-pyrrole nitrogens is 1. The van der Waals surface area contributed by atoms with Gasteiger partial charge in [0.25, 0.3) is 5.91 Å². The molecule has 1 amide bonds. The van der Waals surface area contributed by atoms with Crippen LogP contribution in [0.3, 0.4) is 0 Å². The van der Waals surface area contributed by atoms with Gasteiger partial charge in [-0.25, -0.2) is 0 Å². The first-order valence-electron chi connectivity index (χ1n) is 9.20. The van der Waals surface area contributed by atoms with Crippen molar-refractivity contribution >= 4 is 16.8 Å². The monoisotopic (exact) mass is 343 g/mol. The number of hydrogen-bond acceptors (Lipinski definition) is 3. The zero-order chi connectivity index (χ0) is 18.0. The molecule has 1 aromatic carbocycles. The number of aromatic amines is 1. The Balaban J connectivity index is 1.66. The van der Waals surface area contributed by atoms with E-state index in [9.17, 15) is 4.79 Å². The van der Waals surface area contributed by atoms with Crippen LogP contribution in [0, 0.1) is 13.8 Å². The van der Waals surface area contributed by atoms with Gasteiger partial charge in [-0.2, -0.15) is 0 Å². The number of piperidine rings is 1. The molecule has 0 spiro atoms. The van der Waals surface area contributed by atoms with E-state index >= 15 is 0 Å². The molecule has 1 aromatic heterocycles. The summed E-state index contributed by atoms with van der Waals surface area (Å²) in [6.45, 7) is 6.94. The van der Waals surface area contributed by atoms with Gasteiger partial charge in [-0.15, -0.1) is 0 Å². The van der Waals surface area contributed by atoms with Gasteiger partial charge >= 0.3 is 0 Å². The molecule has 1 aliphatic rings. The summed E-state index contributed by atoms with van der Waals surface area (Å²) < 4.78 is 0. The lowest BCUT2D eigenvalue weighted by atomic mass is 10.0. The number of aliphatic hydroxyl groups excluding tert-OH is 1. The number of aromatic nitrogens is 1. The van der Waals surface area contributed by atoms with Crippen molar-refractivity contribution in [2.75, 3.05) is 33.3 Å². The zero-order valence-corrected chi connectivity index (χ0v) is 15.5. The van der Waals surface area contributed by atoms with E-state index in [0.717, 1.165) is 49.8 Å². The molecule has 5 nitrogen and oxygen atoms in total. The normalized spacial score (nSPS) is 16.1. The van der Waals surface area contributed by atoms with Crippen LogP contribution in [0.4, 0.5) is 0 Å². The van der Waals surface area contributed by atoms with Crippen LogP contribution in [-0.4, -0.2) is 65.1 Å². The van der Waals surface area contributed by atoms with Gasteiger partial charge in [0.15, 0.2) is 0 Å². The fraction of sp³-hybridized carbons (Fsp3) is 0.550. The van der Waals surface area contributed by atoms with Crippen LogP contribution in [0.15, 0.2) is 18.2 Å². The summed E-state index contributed by atoms with van der Waals surface area (Å²) in [6.07, 6.45) is 2.79. The first-order chi connectivity index (χ1) is 12.0. The van der Waals surface area contributed by atoms with Crippen LogP contribution in [0.1, 0.15) is 40.9 Å². The second kappa shape index (κ2) is 7.58. The van der Waals surface area contributed by atoms with Crippen molar-refractivity contribution in [1.82, 2.24) is 14.8 Å². The quantitative estimate of drug-likeness (QED) is 0.877. The molecule has 3 rings (SSSR count). The fourth-order valence-electron chi connectivity index (χ4n) is 3.76. The van der Waals surface area contributed by atoms with Gasteiger partial charge in [0, 0.05) is 43.2 Å². The second-order valence-corrected chi connectivity index (χ2v) is 7.23. The summed E-state index contributed by atoms with van der Waals surface area (Å²) in [6, 6.07) is 6.65. The van der Waals surface area contributed by atoms with Crippen molar-refractivity contribution < 1.29 is 9.90 Å².